The Morgan fingerprint density at radius 2 is 2.26 bits per heavy atom. The number of nitrogens with zero attached hydrogens (tertiary/aromatic N) is 7. The van der Waals surface area contributed by atoms with E-state index in [2.05, 4.69) is 20.2 Å². The Labute approximate surface area is 132 Å². The number of hydrogen-bond donors (Lipinski definition) is 0. The van der Waals surface area contributed by atoms with Gasteiger partial charge in [0.25, 0.3) is 11.7 Å². The number of amides is 1. The summed E-state index contributed by atoms with van der Waals surface area (Å²) in [6, 6.07) is 1.88. The van der Waals surface area contributed by atoms with Crippen molar-refractivity contribution in [2.45, 2.75) is 25.8 Å². The summed E-state index contributed by atoms with van der Waals surface area (Å²) >= 11 is 0. The Bertz CT molecular complexity index is 881. The molecular formula is C15H17N7O. The average Bonchev–Trinajstić information content (AvgIpc) is 3.24. The van der Waals surface area contributed by atoms with Gasteiger partial charge in [-0.15, -0.1) is 5.10 Å². The molecule has 8 nitrogen and oxygen atoms in total. The minimum Gasteiger partial charge on any atom is -0.329 e. The summed E-state index contributed by atoms with van der Waals surface area (Å²) in [4.78, 5) is 23.1. The summed E-state index contributed by atoms with van der Waals surface area (Å²) in [5, 5.41) is 8.53. The molecule has 23 heavy (non-hydrogen) atoms. The summed E-state index contributed by atoms with van der Waals surface area (Å²) in [5.41, 5.74) is 1.95. The molecule has 8 heteroatoms. The average molecular weight is 311 g/mol. The lowest BCUT2D eigenvalue weighted by atomic mass is 10.1. The van der Waals surface area contributed by atoms with Crippen molar-refractivity contribution >= 4 is 11.7 Å². The van der Waals surface area contributed by atoms with Crippen molar-refractivity contribution in [2.24, 2.45) is 7.05 Å². The Morgan fingerprint density at radius 1 is 1.39 bits per heavy atom. The normalized spacial score (nSPS) is 18.0. The van der Waals surface area contributed by atoms with Crippen LogP contribution in [0.5, 0.6) is 0 Å². The molecule has 0 unspecified atom stereocenters. The number of rotatable bonds is 2. The van der Waals surface area contributed by atoms with Gasteiger partial charge in [-0.05, 0) is 25.8 Å². The van der Waals surface area contributed by atoms with Crippen molar-refractivity contribution in [3.05, 3.63) is 41.7 Å². The Balaban J connectivity index is 1.68. The highest BCUT2D eigenvalue weighted by atomic mass is 16.2. The summed E-state index contributed by atoms with van der Waals surface area (Å²) in [6.45, 7) is 2.62. The van der Waals surface area contributed by atoms with Gasteiger partial charge in [0, 0.05) is 37.2 Å². The van der Waals surface area contributed by atoms with Gasteiger partial charge in [-0.25, -0.2) is 9.50 Å². The lowest BCUT2D eigenvalue weighted by molar-refractivity contribution is 0.0723. The van der Waals surface area contributed by atoms with E-state index < -0.39 is 0 Å². The molecule has 4 rings (SSSR count). The van der Waals surface area contributed by atoms with Crippen LogP contribution in [0.4, 0.5) is 0 Å². The van der Waals surface area contributed by atoms with Crippen molar-refractivity contribution in [1.82, 2.24) is 34.3 Å². The molecule has 3 aromatic rings. The standard InChI is InChI=1S/C15H17N7O/c1-10-5-6-16-15-18-13(19-22(10)15)14(23)21-7-3-4-12(21)11-8-17-20(2)9-11/h5-6,8-9,12H,3-4,7H2,1-2H3/t12-/m1/s1. The fraction of sp³-hybridized carbons (Fsp3) is 0.400. The van der Waals surface area contributed by atoms with E-state index >= 15 is 0 Å². The van der Waals surface area contributed by atoms with E-state index in [1.54, 1.807) is 15.4 Å². The smallest absolute Gasteiger partial charge is 0.294 e. The molecular weight excluding hydrogens is 294 g/mol. The van der Waals surface area contributed by atoms with Gasteiger partial charge in [-0.3, -0.25) is 9.48 Å². The van der Waals surface area contributed by atoms with Crippen LogP contribution < -0.4 is 0 Å². The second-order valence-electron chi connectivity index (χ2n) is 5.84. The Kier molecular flexibility index (Phi) is 3.10. The quantitative estimate of drug-likeness (QED) is 0.709. The maximum atomic E-state index is 12.9. The SMILES string of the molecule is Cc1ccnc2nc(C(=O)N3CCC[C@@H]3c3cnn(C)c3)nn12. The molecule has 0 radical (unpaired) electrons. The molecule has 0 bridgehead atoms. The molecule has 1 aliphatic heterocycles. The molecule has 1 saturated heterocycles. The van der Waals surface area contributed by atoms with Gasteiger partial charge in [-0.1, -0.05) is 0 Å². The predicted octanol–water partition coefficient (Wildman–Crippen LogP) is 1.14. The number of fused-ring (bicyclic) bond motifs is 1. The van der Waals surface area contributed by atoms with Gasteiger partial charge in [-0.2, -0.15) is 10.1 Å². The molecule has 118 valence electrons. The summed E-state index contributed by atoms with van der Waals surface area (Å²) < 4.78 is 3.36. The zero-order valence-electron chi connectivity index (χ0n) is 13.0. The minimum absolute atomic E-state index is 0.0388. The summed E-state index contributed by atoms with van der Waals surface area (Å²) in [5.74, 6) is 0.495. The van der Waals surface area contributed by atoms with E-state index in [1.165, 1.54) is 0 Å². The van der Waals surface area contributed by atoms with E-state index in [1.807, 2.05) is 37.3 Å². The first-order chi connectivity index (χ1) is 11.1. The van der Waals surface area contributed by atoms with Crippen LogP contribution in [0.1, 0.15) is 40.8 Å². The van der Waals surface area contributed by atoms with E-state index in [4.69, 9.17) is 0 Å². The van der Waals surface area contributed by atoms with Crippen LogP contribution in [0.25, 0.3) is 5.78 Å². The van der Waals surface area contributed by atoms with Gasteiger partial charge in [0.15, 0.2) is 0 Å². The first-order valence-electron chi connectivity index (χ1n) is 7.61. The molecule has 4 heterocycles. The second-order valence-corrected chi connectivity index (χ2v) is 5.84. The highest BCUT2D eigenvalue weighted by molar-refractivity contribution is 5.91. The molecule has 1 atom stereocenters. The number of carbonyl (C=O) groups is 1. The van der Waals surface area contributed by atoms with Crippen LogP contribution in [0, 0.1) is 6.92 Å². The summed E-state index contributed by atoms with van der Waals surface area (Å²) in [6.07, 6.45) is 7.35. The van der Waals surface area contributed by atoms with Crippen LogP contribution in [0.3, 0.4) is 0 Å². The highest BCUT2D eigenvalue weighted by Crippen LogP contribution is 2.32. The van der Waals surface area contributed by atoms with Gasteiger partial charge in [0.2, 0.25) is 5.82 Å². The minimum atomic E-state index is -0.152. The predicted molar refractivity (Wildman–Crippen MR) is 81.7 cm³/mol. The van der Waals surface area contributed by atoms with Gasteiger partial charge < -0.3 is 4.90 Å². The maximum absolute atomic E-state index is 12.9. The van der Waals surface area contributed by atoms with E-state index in [0.717, 1.165) is 24.1 Å². The van der Waals surface area contributed by atoms with Crippen LogP contribution >= 0.6 is 0 Å². The fourth-order valence-corrected chi connectivity index (χ4v) is 3.09. The molecule has 0 spiro atoms. The molecule has 0 aliphatic carbocycles. The molecule has 0 saturated carbocycles. The third-order valence-electron chi connectivity index (χ3n) is 4.24. The molecule has 1 aliphatic rings. The lowest BCUT2D eigenvalue weighted by Gasteiger charge is -2.22. The number of carbonyl (C=O) groups excluding carboxylic acids is 1. The zero-order valence-corrected chi connectivity index (χ0v) is 13.0. The lowest BCUT2D eigenvalue weighted by Crippen LogP contribution is -2.31. The van der Waals surface area contributed by atoms with Gasteiger partial charge >= 0.3 is 0 Å². The third kappa shape index (κ3) is 2.26. The summed E-state index contributed by atoms with van der Waals surface area (Å²) in [7, 11) is 1.88. The number of aryl methyl sites for hydroxylation is 2. The van der Waals surface area contributed by atoms with E-state index in [9.17, 15) is 4.79 Å². The Hall–Kier alpha value is -2.77. The third-order valence-corrected chi connectivity index (χ3v) is 4.24. The first kappa shape index (κ1) is 13.9. The van der Waals surface area contributed by atoms with Crippen molar-refractivity contribution in [3.63, 3.8) is 0 Å². The first-order valence-corrected chi connectivity index (χ1v) is 7.61. The van der Waals surface area contributed by atoms with Crippen molar-refractivity contribution in [2.75, 3.05) is 6.54 Å². The molecule has 1 amide bonds. The van der Waals surface area contributed by atoms with Crippen molar-refractivity contribution in [1.29, 1.82) is 0 Å². The van der Waals surface area contributed by atoms with Crippen molar-refractivity contribution < 1.29 is 4.79 Å². The second kappa shape index (κ2) is 5.15. The Morgan fingerprint density at radius 3 is 3.00 bits per heavy atom. The number of hydrogen-bond acceptors (Lipinski definition) is 5. The number of aromatic nitrogens is 6. The maximum Gasteiger partial charge on any atom is 0.294 e. The molecule has 0 N–H and O–H groups in total. The molecule has 3 aromatic heterocycles. The largest absolute Gasteiger partial charge is 0.329 e. The fourth-order valence-electron chi connectivity index (χ4n) is 3.09. The highest BCUT2D eigenvalue weighted by Gasteiger charge is 2.33. The van der Waals surface area contributed by atoms with Crippen molar-refractivity contribution in [3.8, 4) is 0 Å². The van der Waals surface area contributed by atoms with E-state index in [-0.39, 0.29) is 17.8 Å². The van der Waals surface area contributed by atoms with Crippen LogP contribution in [0.2, 0.25) is 0 Å². The van der Waals surface area contributed by atoms with Crippen LogP contribution in [-0.4, -0.2) is 46.7 Å². The van der Waals surface area contributed by atoms with Gasteiger partial charge in [0.05, 0.1) is 12.2 Å². The zero-order chi connectivity index (χ0) is 16.0. The van der Waals surface area contributed by atoms with Crippen LogP contribution in [-0.2, 0) is 7.05 Å². The van der Waals surface area contributed by atoms with Gasteiger partial charge in [0.1, 0.15) is 0 Å². The molecule has 0 aromatic carbocycles. The van der Waals surface area contributed by atoms with Crippen LogP contribution in [0.15, 0.2) is 24.7 Å². The number of likely N-dealkylation sites (tertiary alicyclic amines) is 1. The topological polar surface area (TPSA) is 81.2 Å². The molecule has 1 fully saturated rings. The van der Waals surface area contributed by atoms with E-state index in [0.29, 0.717) is 12.3 Å². The monoisotopic (exact) mass is 311 g/mol.